The van der Waals surface area contributed by atoms with Crippen molar-refractivity contribution >= 4 is 41.3 Å². The van der Waals surface area contributed by atoms with Crippen molar-refractivity contribution in [1.29, 1.82) is 0 Å². The SMILES string of the molecule is CCOC(=O)C1=C(CSCC(=O)OC)NC(=O)NC1c1ccc(Cl)cc1. The van der Waals surface area contributed by atoms with E-state index in [1.807, 2.05) is 0 Å². The highest BCUT2D eigenvalue weighted by Gasteiger charge is 2.33. The highest BCUT2D eigenvalue weighted by Crippen LogP contribution is 2.29. The molecule has 7 nitrogen and oxygen atoms in total. The Labute approximate surface area is 160 Å². The molecule has 140 valence electrons. The Morgan fingerprint density at radius 2 is 1.96 bits per heavy atom. The quantitative estimate of drug-likeness (QED) is 0.685. The molecule has 1 aliphatic rings. The smallest absolute Gasteiger partial charge is 0.338 e. The third-order valence-electron chi connectivity index (χ3n) is 3.55. The van der Waals surface area contributed by atoms with Gasteiger partial charge in [-0.25, -0.2) is 9.59 Å². The number of hydrogen-bond acceptors (Lipinski definition) is 6. The summed E-state index contributed by atoms with van der Waals surface area (Å²) in [5.74, 6) is -0.567. The minimum absolute atomic E-state index is 0.102. The number of hydrogen-bond donors (Lipinski definition) is 2. The van der Waals surface area contributed by atoms with Crippen molar-refractivity contribution in [2.24, 2.45) is 0 Å². The number of ether oxygens (including phenoxy) is 2. The Hall–Kier alpha value is -2.19. The van der Waals surface area contributed by atoms with Crippen LogP contribution in [0.4, 0.5) is 4.79 Å². The molecule has 0 fully saturated rings. The maximum absolute atomic E-state index is 12.5. The summed E-state index contributed by atoms with van der Waals surface area (Å²) in [5.41, 5.74) is 1.40. The average Bonchev–Trinajstić information content (AvgIpc) is 2.61. The number of rotatable bonds is 7. The van der Waals surface area contributed by atoms with Gasteiger partial charge in [0.05, 0.1) is 31.1 Å². The van der Waals surface area contributed by atoms with Gasteiger partial charge in [0.25, 0.3) is 0 Å². The highest BCUT2D eigenvalue weighted by atomic mass is 35.5. The predicted molar refractivity (Wildman–Crippen MR) is 98.9 cm³/mol. The van der Waals surface area contributed by atoms with E-state index in [4.69, 9.17) is 16.3 Å². The van der Waals surface area contributed by atoms with E-state index < -0.39 is 18.0 Å². The van der Waals surface area contributed by atoms with E-state index in [1.54, 1.807) is 31.2 Å². The maximum Gasteiger partial charge on any atom is 0.338 e. The molecule has 0 spiro atoms. The molecular weight excluding hydrogens is 380 g/mol. The molecule has 2 N–H and O–H groups in total. The number of thioether (sulfide) groups is 1. The molecule has 0 saturated carbocycles. The molecule has 2 amide bonds. The highest BCUT2D eigenvalue weighted by molar-refractivity contribution is 8.00. The van der Waals surface area contributed by atoms with E-state index in [9.17, 15) is 14.4 Å². The molecule has 0 aliphatic carbocycles. The normalized spacial score (nSPS) is 16.6. The third-order valence-corrected chi connectivity index (χ3v) is 4.73. The zero-order valence-corrected chi connectivity index (χ0v) is 15.9. The van der Waals surface area contributed by atoms with Crippen LogP contribution in [0.2, 0.25) is 5.02 Å². The van der Waals surface area contributed by atoms with Gasteiger partial charge in [0.1, 0.15) is 0 Å². The molecule has 2 rings (SSSR count). The molecule has 26 heavy (non-hydrogen) atoms. The Kier molecular flexibility index (Phi) is 7.35. The lowest BCUT2D eigenvalue weighted by Crippen LogP contribution is -2.46. The van der Waals surface area contributed by atoms with Crippen LogP contribution < -0.4 is 10.6 Å². The van der Waals surface area contributed by atoms with Crippen LogP contribution in [0.5, 0.6) is 0 Å². The Morgan fingerprint density at radius 1 is 1.27 bits per heavy atom. The molecule has 1 aliphatic heterocycles. The van der Waals surface area contributed by atoms with Crippen molar-refractivity contribution in [2.75, 3.05) is 25.2 Å². The van der Waals surface area contributed by atoms with E-state index in [0.717, 1.165) is 0 Å². The second kappa shape index (κ2) is 9.49. The summed E-state index contributed by atoms with van der Waals surface area (Å²) in [6.07, 6.45) is 0. The number of urea groups is 1. The molecule has 1 aromatic carbocycles. The van der Waals surface area contributed by atoms with Crippen molar-refractivity contribution in [3.8, 4) is 0 Å². The van der Waals surface area contributed by atoms with Gasteiger partial charge in [-0.2, -0.15) is 0 Å². The fourth-order valence-corrected chi connectivity index (χ4v) is 3.33. The number of halogens is 1. The van der Waals surface area contributed by atoms with Gasteiger partial charge in [0, 0.05) is 16.5 Å². The van der Waals surface area contributed by atoms with Crippen LogP contribution in [0, 0.1) is 0 Å². The Morgan fingerprint density at radius 3 is 2.58 bits per heavy atom. The third kappa shape index (κ3) is 5.15. The van der Waals surface area contributed by atoms with E-state index in [0.29, 0.717) is 21.9 Å². The van der Waals surface area contributed by atoms with Crippen LogP contribution in [0.15, 0.2) is 35.5 Å². The first-order valence-electron chi connectivity index (χ1n) is 7.84. The number of carbonyl (C=O) groups is 3. The summed E-state index contributed by atoms with van der Waals surface area (Å²) in [6.45, 7) is 1.91. The van der Waals surface area contributed by atoms with Gasteiger partial charge in [0.2, 0.25) is 0 Å². The van der Waals surface area contributed by atoms with Crippen LogP contribution in [0.3, 0.4) is 0 Å². The van der Waals surface area contributed by atoms with Crippen molar-refractivity contribution in [1.82, 2.24) is 10.6 Å². The molecule has 9 heteroatoms. The summed E-state index contributed by atoms with van der Waals surface area (Å²) in [5, 5.41) is 5.91. The lowest BCUT2D eigenvalue weighted by atomic mass is 9.95. The first-order valence-corrected chi connectivity index (χ1v) is 9.37. The fourth-order valence-electron chi connectivity index (χ4n) is 2.38. The monoisotopic (exact) mass is 398 g/mol. The fraction of sp³-hybridized carbons (Fsp3) is 0.353. The minimum atomic E-state index is -0.672. The molecule has 0 saturated heterocycles. The van der Waals surface area contributed by atoms with Gasteiger partial charge in [0.15, 0.2) is 0 Å². The number of esters is 2. The number of amides is 2. The number of nitrogens with one attached hydrogen (secondary N) is 2. The molecular formula is C17H19ClN2O5S. The standard InChI is InChI=1S/C17H19ClN2O5S/c1-3-25-16(22)14-12(8-26-9-13(21)24-2)19-17(23)20-15(14)10-4-6-11(18)7-5-10/h4-7,15H,3,8-9H2,1-2H3,(H2,19,20,23). The molecule has 0 radical (unpaired) electrons. The van der Waals surface area contributed by atoms with Crippen LogP contribution in [-0.4, -0.2) is 43.2 Å². The molecule has 1 unspecified atom stereocenters. The number of methoxy groups -OCH3 is 1. The molecule has 1 heterocycles. The van der Waals surface area contributed by atoms with Crippen molar-refractivity contribution in [3.63, 3.8) is 0 Å². The van der Waals surface area contributed by atoms with Gasteiger partial charge in [-0.15, -0.1) is 11.8 Å². The zero-order valence-electron chi connectivity index (χ0n) is 14.3. The van der Waals surface area contributed by atoms with Gasteiger partial charge in [-0.3, -0.25) is 4.79 Å². The van der Waals surface area contributed by atoms with Crippen molar-refractivity contribution < 1.29 is 23.9 Å². The lowest BCUT2D eigenvalue weighted by Gasteiger charge is -2.29. The van der Waals surface area contributed by atoms with E-state index in [-0.39, 0.29) is 24.1 Å². The van der Waals surface area contributed by atoms with Crippen molar-refractivity contribution in [2.45, 2.75) is 13.0 Å². The zero-order chi connectivity index (χ0) is 19.1. The minimum Gasteiger partial charge on any atom is -0.468 e. The van der Waals surface area contributed by atoms with E-state index in [2.05, 4.69) is 15.4 Å². The number of benzene rings is 1. The Balaban J connectivity index is 2.35. The summed E-state index contributed by atoms with van der Waals surface area (Å²) in [4.78, 5) is 35.9. The second-order valence-electron chi connectivity index (χ2n) is 5.26. The first kappa shape index (κ1) is 20.1. The van der Waals surface area contributed by atoms with Gasteiger partial charge in [-0.05, 0) is 24.6 Å². The molecule has 0 bridgehead atoms. The molecule has 0 aromatic heterocycles. The summed E-state index contributed by atoms with van der Waals surface area (Å²) >= 11 is 7.15. The molecule has 1 aromatic rings. The van der Waals surface area contributed by atoms with E-state index in [1.165, 1.54) is 18.9 Å². The summed E-state index contributed by atoms with van der Waals surface area (Å²) in [7, 11) is 1.30. The predicted octanol–water partition coefficient (Wildman–Crippen LogP) is 2.42. The van der Waals surface area contributed by atoms with Crippen LogP contribution in [0.1, 0.15) is 18.5 Å². The summed E-state index contributed by atoms with van der Waals surface area (Å²) < 4.78 is 9.75. The number of carbonyl (C=O) groups excluding carboxylic acids is 3. The van der Waals surface area contributed by atoms with Crippen LogP contribution in [-0.2, 0) is 19.1 Å². The summed E-state index contributed by atoms with van der Waals surface area (Å²) in [6, 6.07) is 5.72. The average molecular weight is 399 g/mol. The second-order valence-corrected chi connectivity index (χ2v) is 6.69. The Bertz CT molecular complexity index is 720. The largest absolute Gasteiger partial charge is 0.468 e. The van der Waals surface area contributed by atoms with Crippen LogP contribution >= 0.6 is 23.4 Å². The van der Waals surface area contributed by atoms with Gasteiger partial charge < -0.3 is 20.1 Å². The topological polar surface area (TPSA) is 93.7 Å². The maximum atomic E-state index is 12.5. The van der Waals surface area contributed by atoms with E-state index >= 15 is 0 Å². The van der Waals surface area contributed by atoms with Crippen molar-refractivity contribution in [3.05, 3.63) is 46.1 Å². The van der Waals surface area contributed by atoms with Gasteiger partial charge in [-0.1, -0.05) is 23.7 Å². The van der Waals surface area contributed by atoms with Gasteiger partial charge >= 0.3 is 18.0 Å². The first-order chi connectivity index (χ1) is 12.5. The molecule has 1 atom stereocenters. The van der Waals surface area contributed by atoms with Crippen LogP contribution in [0.25, 0.3) is 0 Å². The lowest BCUT2D eigenvalue weighted by molar-refractivity contribution is -0.139.